The molecule has 1 aromatic heterocycles. The number of carbonyl (C=O) groups is 2. The van der Waals surface area contributed by atoms with Crippen molar-refractivity contribution in [1.82, 2.24) is 15.3 Å². The van der Waals surface area contributed by atoms with E-state index in [0.29, 0.717) is 5.02 Å². The summed E-state index contributed by atoms with van der Waals surface area (Å²) in [5, 5.41) is 12.5. The van der Waals surface area contributed by atoms with Crippen LogP contribution >= 0.6 is 11.6 Å². The summed E-state index contributed by atoms with van der Waals surface area (Å²) >= 11 is 5.93. The monoisotopic (exact) mass is 345 g/mol. The normalized spacial score (nSPS) is 19.9. The lowest BCUT2D eigenvalue weighted by atomic mass is 9.94. The van der Waals surface area contributed by atoms with Gasteiger partial charge >= 0.3 is 5.97 Å². The molecule has 2 atom stereocenters. The number of benzene rings is 1. The highest BCUT2D eigenvalue weighted by Crippen LogP contribution is 2.35. The third-order valence-electron chi connectivity index (χ3n) is 4.23. The molecule has 6 nitrogen and oxygen atoms in total. The summed E-state index contributed by atoms with van der Waals surface area (Å²) < 4.78 is 0. The number of aromatic nitrogens is 2. The number of aromatic carboxylic acids is 1. The van der Waals surface area contributed by atoms with Crippen molar-refractivity contribution in [3.05, 3.63) is 58.6 Å². The molecular weight excluding hydrogens is 330 g/mol. The number of rotatable bonds is 4. The first-order valence-corrected chi connectivity index (χ1v) is 8.04. The van der Waals surface area contributed by atoms with E-state index in [1.165, 1.54) is 6.20 Å². The molecule has 1 amide bonds. The van der Waals surface area contributed by atoms with Crippen molar-refractivity contribution in [1.29, 1.82) is 0 Å². The van der Waals surface area contributed by atoms with Gasteiger partial charge < -0.3 is 10.4 Å². The van der Waals surface area contributed by atoms with Gasteiger partial charge in [-0.15, -0.1) is 0 Å². The fourth-order valence-corrected chi connectivity index (χ4v) is 3.17. The highest BCUT2D eigenvalue weighted by atomic mass is 35.5. The largest absolute Gasteiger partial charge is 0.476 e. The van der Waals surface area contributed by atoms with Gasteiger partial charge in [0.05, 0.1) is 12.4 Å². The molecule has 2 N–H and O–H groups in total. The van der Waals surface area contributed by atoms with Gasteiger partial charge in [-0.25, -0.2) is 14.8 Å². The number of hydrogen-bond donors (Lipinski definition) is 2. The van der Waals surface area contributed by atoms with E-state index >= 15 is 0 Å². The third-order valence-corrected chi connectivity index (χ3v) is 4.49. The van der Waals surface area contributed by atoms with Crippen LogP contribution in [-0.4, -0.2) is 33.0 Å². The van der Waals surface area contributed by atoms with Crippen LogP contribution in [-0.2, 0) is 0 Å². The van der Waals surface area contributed by atoms with Gasteiger partial charge in [0.15, 0.2) is 5.69 Å². The van der Waals surface area contributed by atoms with Crippen LogP contribution in [0.25, 0.3) is 0 Å². The molecule has 1 aliphatic rings. The van der Waals surface area contributed by atoms with E-state index in [9.17, 15) is 9.59 Å². The SMILES string of the molecule is O=C(O)c1cnc(C(=O)NC2CCCC2c2ccc(Cl)cc2)cn1. The van der Waals surface area contributed by atoms with Crippen molar-refractivity contribution in [2.24, 2.45) is 0 Å². The standard InChI is InChI=1S/C17H16ClN3O3/c18-11-6-4-10(5-7-11)12-2-1-3-13(12)21-16(22)14-8-20-15(9-19-14)17(23)24/h4-9,12-13H,1-3H2,(H,21,22)(H,23,24). The summed E-state index contributed by atoms with van der Waals surface area (Å²) in [6.07, 6.45) is 5.19. The topological polar surface area (TPSA) is 92.2 Å². The maximum atomic E-state index is 12.3. The molecule has 0 saturated heterocycles. The number of carbonyl (C=O) groups excluding carboxylic acids is 1. The molecule has 1 aliphatic carbocycles. The van der Waals surface area contributed by atoms with Gasteiger partial charge in [0.1, 0.15) is 5.69 Å². The zero-order chi connectivity index (χ0) is 17.1. The Hall–Kier alpha value is -2.47. The molecule has 0 radical (unpaired) electrons. The van der Waals surface area contributed by atoms with E-state index in [1.54, 1.807) is 0 Å². The molecule has 1 heterocycles. The molecule has 1 saturated carbocycles. The molecule has 0 spiro atoms. The van der Waals surface area contributed by atoms with E-state index in [2.05, 4.69) is 15.3 Å². The number of nitrogens with one attached hydrogen (secondary N) is 1. The van der Waals surface area contributed by atoms with Crippen molar-refractivity contribution in [2.45, 2.75) is 31.2 Å². The Balaban J connectivity index is 1.70. The van der Waals surface area contributed by atoms with Crippen LogP contribution in [0.5, 0.6) is 0 Å². The Bertz CT molecular complexity index is 747. The minimum Gasteiger partial charge on any atom is -0.476 e. The molecule has 0 aliphatic heterocycles. The van der Waals surface area contributed by atoms with Crippen LogP contribution in [0, 0.1) is 0 Å². The summed E-state index contributed by atoms with van der Waals surface area (Å²) in [6.45, 7) is 0. The number of amides is 1. The van der Waals surface area contributed by atoms with Crippen LogP contribution in [0.15, 0.2) is 36.7 Å². The summed E-state index contributed by atoms with van der Waals surface area (Å²) in [5.41, 5.74) is 1.07. The average Bonchev–Trinajstić information content (AvgIpc) is 3.03. The Kier molecular flexibility index (Phi) is 4.76. The molecule has 124 valence electrons. The Morgan fingerprint density at radius 3 is 2.38 bits per heavy atom. The molecule has 1 aromatic carbocycles. The van der Waals surface area contributed by atoms with E-state index in [4.69, 9.17) is 16.7 Å². The minimum atomic E-state index is -1.17. The molecule has 24 heavy (non-hydrogen) atoms. The highest BCUT2D eigenvalue weighted by Gasteiger charge is 2.30. The number of nitrogens with zero attached hydrogens (tertiary/aromatic N) is 2. The number of halogens is 1. The Morgan fingerprint density at radius 2 is 1.75 bits per heavy atom. The second kappa shape index (κ2) is 6.97. The van der Waals surface area contributed by atoms with Gasteiger partial charge in [-0.2, -0.15) is 0 Å². The van der Waals surface area contributed by atoms with Crippen LogP contribution in [0.4, 0.5) is 0 Å². The zero-order valence-corrected chi connectivity index (χ0v) is 13.5. The van der Waals surface area contributed by atoms with Gasteiger partial charge in [-0.3, -0.25) is 4.79 Å². The quantitative estimate of drug-likeness (QED) is 0.888. The minimum absolute atomic E-state index is 0.0135. The van der Waals surface area contributed by atoms with Crippen molar-refractivity contribution in [2.75, 3.05) is 0 Å². The lowest BCUT2D eigenvalue weighted by Gasteiger charge is -2.21. The second-order valence-electron chi connectivity index (χ2n) is 5.76. The molecule has 2 aromatic rings. The van der Waals surface area contributed by atoms with Gasteiger partial charge in [0, 0.05) is 17.0 Å². The molecule has 3 rings (SSSR count). The van der Waals surface area contributed by atoms with Crippen LogP contribution in [0.1, 0.15) is 51.7 Å². The molecule has 1 fully saturated rings. The second-order valence-corrected chi connectivity index (χ2v) is 6.20. The third kappa shape index (κ3) is 3.54. The first-order chi connectivity index (χ1) is 11.5. The zero-order valence-electron chi connectivity index (χ0n) is 12.8. The fraction of sp³-hybridized carbons (Fsp3) is 0.294. The first kappa shape index (κ1) is 16.4. The Labute approximate surface area is 143 Å². The van der Waals surface area contributed by atoms with Gasteiger partial charge in [-0.05, 0) is 30.5 Å². The summed E-state index contributed by atoms with van der Waals surface area (Å²) in [7, 11) is 0. The van der Waals surface area contributed by atoms with Crippen LogP contribution in [0.2, 0.25) is 5.02 Å². The Morgan fingerprint density at radius 1 is 1.08 bits per heavy atom. The highest BCUT2D eigenvalue weighted by molar-refractivity contribution is 6.30. The maximum absolute atomic E-state index is 12.3. The number of carboxylic acid groups (broad SMARTS) is 1. The van der Waals surface area contributed by atoms with E-state index in [1.807, 2.05) is 24.3 Å². The van der Waals surface area contributed by atoms with E-state index < -0.39 is 5.97 Å². The molecule has 0 bridgehead atoms. The van der Waals surface area contributed by atoms with Crippen molar-refractivity contribution >= 4 is 23.5 Å². The van der Waals surface area contributed by atoms with Crippen LogP contribution in [0.3, 0.4) is 0 Å². The van der Waals surface area contributed by atoms with Gasteiger partial charge in [0.2, 0.25) is 0 Å². The summed E-state index contributed by atoms with van der Waals surface area (Å²) in [5.74, 6) is -1.28. The number of carboxylic acids is 1. The summed E-state index contributed by atoms with van der Waals surface area (Å²) in [6, 6.07) is 7.69. The smallest absolute Gasteiger partial charge is 0.356 e. The van der Waals surface area contributed by atoms with Gasteiger partial charge in [-0.1, -0.05) is 30.2 Å². The maximum Gasteiger partial charge on any atom is 0.356 e. The predicted molar refractivity (Wildman–Crippen MR) is 88.3 cm³/mol. The number of hydrogen-bond acceptors (Lipinski definition) is 4. The molecular formula is C17H16ClN3O3. The van der Waals surface area contributed by atoms with Crippen molar-refractivity contribution in [3.63, 3.8) is 0 Å². The first-order valence-electron chi connectivity index (χ1n) is 7.66. The lowest BCUT2D eigenvalue weighted by Crippen LogP contribution is -2.37. The summed E-state index contributed by atoms with van der Waals surface area (Å²) in [4.78, 5) is 30.7. The lowest BCUT2D eigenvalue weighted by molar-refractivity contribution is 0.0689. The van der Waals surface area contributed by atoms with E-state index in [-0.39, 0.29) is 29.3 Å². The predicted octanol–water partition coefficient (Wildman–Crippen LogP) is 2.89. The molecule has 2 unspecified atom stereocenters. The van der Waals surface area contributed by atoms with Gasteiger partial charge in [0.25, 0.3) is 5.91 Å². The van der Waals surface area contributed by atoms with E-state index in [0.717, 1.165) is 31.0 Å². The fourth-order valence-electron chi connectivity index (χ4n) is 3.04. The molecule has 7 heteroatoms. The van der Waals surface area contributed by atoms with Crippen molar-refractivity contribution in [3.8, 4) is 0 Å². The van der Waals surface area contributed by atoms with Crippen molar-refractivity contribution < 1.29 is 14.7 Å². The average molecular weight is 346 g/mol. The van der Waals surface area contributed by atoms with Crippen LogP contribution < -0.4 is 5.32 Å².